The van der Waals surface area contributed by atoms with Crippen molar-refractivity contribution in [2.24, 2.45) is 0 Å². The first kappa shape index (κ1) is 43.9. The number of hydrogen-bond donors (Lipinski definition) is 0. The summed E-state index contributed by atoms with van der Waals surface area (Å²) in [5.74, 6) is 0. The number of nitrogens with zero attached hydrogens (tertiary/aromatic N) is 4. The van der Waals surface area contributed by atoms with Crippen LogP contribution in [0.5, 0.6) is 0 Å². The average Bonchev–Trinajstić information content (AvgIpc) is 3.44. The van der Waals surface area contributed by atoms with Crippen LogP contribution in [0, 0.1) is 0 Å². The van der Waals surface area contributed by atoms with Crippen molar-refractivity contribution >= 4 is 68.2 Å². The van der Waals surface area contributed by atoms with Gasteiger partial charge in [-0.15, -0.1) is 0 Å². The molecule has 0 saturated heterocycles. The second-order valence-corrected chi connectivity index (χ2v) is 18.1. The fraction of sp³-hybridized carbons (Fsp3) is 0.0909. The van der Waals surface area contributed by atoms with Gasteiger partial charge in [0.1, 0.15) is 0 Å². The SMILES string of the molecule is c1ccc(N(c2ccccc2)c2ccc(N(c3ccc(N(c4ccccc4)c4ccccc4)cc3)c3ccc(C4(c5ccc(N(c6ccccc6)c6ccccc6)cc5)CCCCC4)cc3)cc2)cc1. The molecule has 10 aromatic rings. The van der Waals surface area contributed by atoms with Gasteiger partial charge in [-0.1, -0.05) is 153 Å². The van der Waals surface area contributed by atoms with Crippen molar-refractivity contribution in [1.82, 2.24) is 0 Å². The minimum Gasteiger partial charge on any atom is -0.311 e. The molecule has 0 radical (unpaired) electrons. The van der Waals surface area contributed by atoms with E-state index in [9.17, 15) is 0 Å². The van der Waals surface area contributed by atoms with Crippen molar-refractivity contribution in [3.05, 3.63) is 290 Å². The molecule has 1 fully saturated rings. The summed E-state index contributed by atoms with van der Waals surface area (Å²) in [5, 5.41) is 0. The van der Waals surface area contributed by atoms with Crippen molar-refractivity contribution < 1.29 is 0 Å². The zero-order valence-corrected chi connectivity index (χ0v) is 39.4. The van der Waals surface area contributed by atoms with Gasteiger partial charge in [0.15, 0.2) is 0 Å². The molecule has 0 unspecified atom stereocenters. The lowest BCUT2D eigenvalue weighted by Gasteiger charge is -2.39. The molecule has 340 valence electrons. The minimum atomic E-state index is -0.0789. The van der Waals surface area contributed by atoms with Gasteiger partial charge in [-0.05, 0) is 170 Å². The maximum atomic E-state index is 2.41. The van der Waals surface area contributed by atoms with E-state index < -0.39 is 0 Å². The van der Waals surface area contributed by atoms with Gasteiger partial charge in [0.25, 0.3) is 0 Å². The molecule has 70 heavy (non-hydrogen) atoms. The molecular weight excluding hydrogens is 849 g/mol. The van der Waals surface area contributed by atoms with Gasteiger partial charge in [-0.3, -0.25) is 0 Å². The molecule has 11 rings (SSSR count). The molecule has 10 aromatic carbocycles. The molecule has 0 heterocycles. The standard InChI is InChI=1S/C66H56N4/c1-8-22-54(23-9-1)67(55-24-10-2-11-25-55)60-38-34-52(35-39-60)66(50-20-7-21-51-66)53-36-40-61(41-37-53)70(64-46-42-62(43-47-64)68(56-26-12-3-13-27-56)57-28-14-4-15-29-57)65-48-44-63(45-49-65)69(58-30-16-5-17-31-58)59-32-18-6-19-33-59/h1-6,8-19,22-49H,7,20-21,50-51H2. The van der Waals surface area contributed by atoms with E-state index in [2.05, 4.69) is 299 Å². The Bertz CT molecular complexity index is 2930. The van der Waals surface area contributed by atoms with E-state index in [1.807, 2.05) is 0 Å². The molecule has 0 amide bonds. The zero-order valence-electron chi connectivity index (χ0n) is 39.4. The minimum absolute atomic E-state index is 0.0789. The molecule has 4 nitrogen and oxygen atoms in total. The van der Waals surface area contributed by atoms with Crippen LogP contribution in [0.1, 0.15) is 43.2 Å². The van der Waals surface area contributed by atoms with E-state index in [1.54, 1.807) is 0 Å². The van der Waals surface area contributed by atoms with E-state index in [1.165, 1.54) is 30.4 Å². The maximum Gasteiger partial charge on any atom is 0.0463 e. The fourth-order valence-corrected chi connectivity index (χ4v) is 10.5. The van der Waals surface area contributed by atoms with E-state index >= 15 is 0 Å². The maximum absolute atomic E-state index is 2.41. The first-order valence-corrected chi connectivity index (χ1v) is 24.6. The van der Waals surface area contributed by atoms with E-state index in [0.29, 0.717) is 0 Å². The van der Waals surface area contributed by atoms with Crippen LogP contribution in [0.15, 0.2) is 279 Å². The van der Waals surface area contributed by atoms with Crippen LogP contribution in [0.3, 0.4) is 0 Å². The molecule has 1 saturated carbocycles. The van der Waals surface area contributed by atoms with Gasteiger partial charge in [-0.25, -0.2) is 0 Å². The normalized spacial score (nSPS) is 13.0. The zero-order chi connectivity index (χ0) is 47.0. The molecular formula is C66H56N4. The highest BCUT2D eigenvalue weighted by Gasteiger charge is 2.36. The van der Waals surface area contributed by atoms with Crippen LogP contribution < -0.4 is 19.6 Å². The molecule has 0 atom stereocenters. The molecule has 0 aliphatic heterocycles. The Kier molecular flexibility index (Phi) is 12.8. The first-order valence-electron chi connectivity index (χ1n) is 24.6. The number of anilines is 12. The number of hydrogen-bond acceptors (Lipinski definition) is 4. The van der Waals surface area contributed by atoms with E-state index in [-0.39, 0.29) is 5.41 Å². The second kappa shape index (κ2) is 20.3. The Morgan fingerprint density at radius 1 is 0.186 bits per heavy atom. The fourth-order valence-electron chi connectivity index (χ4n) is 10.5. The predicted octanol–water partition coefficient (Wildman–Crippen LogP) is 18.8. The summed E-state index contributed by atoms with van der Waals surface area (Å²) in [6, 6.07) is 101. The van der Waals surface area contributed by atoms with Crippen molar-refractivity contribution in [2.45, 2.75) is 37.5 Å². The van der Waals surface area contributed by atoms with Crippen LogP contribution in [0.2, 0.25) is 0 Å². The first-order chi connectivity index (χ1) is 34.7. The van der Waals surface area contributed by atoms with E-state index in [4.69, 9.17) is 0 Å². The van der Waals surface area contributed by atoms with Crippen LogP contribution in [-0.2, 0) is 5.41 Å². The summed E-state index contributed by atoms with van der Waals surface area (Å²) >= 11 is 0. The number of para-hydroxylation sites is 6. The summed E-state index contributed by atoms with van der Waals surface area (Å²) in [7, 11) is 0. The average molecular weight is 905 g/mol. The molecule has 4 heteroatoms. The lowest BCUT2D eigenvalue weighted by atomic mass is 9.65. The molecule has 0 spiro atoms. The Hall–Kier alpha value is -8.60. The van der Waals surface area contributed by atoms with Crippen LogP contribution >= 0.6 is 0 Å². The molecule has 0 aromatic heterocycles. The highest BCUT2D eigenvalue weighted by atomic mass is 15.2. The summed E-state index contributed by atoms with van der Waals surface area (Å²) < 4.78 is 0. The Morgan fingerprint density at radius 3 is 0.557 bits per heavy atom. The topological polar surface area (TPSA) is 13.0 Å². The Balaban J connectivity index is 0.971. The summed E-state index contributed by atoms with van der Waals surface area (Å²) in [6.45, 7) is 0. The second-order valence-electron chi connectivity index (χ2n) is 18.1. The summed E-state index contributed by atoms with van der Waals surface area (Å²) in [5.41, 5.74) is 16.0. The predicted molar refractivity (Wildman–Crippen MR) is 295 cm³/mol. The third kappa shape index (κ3) is 9.08. The molecule has 0 bridgehead atoms. The summed E-state index contributed by atoms with van der Waals surface area (Å²) in [4.78, 5) is 9.38. The third-order valence-corrected chi connectivity index (χ3v) is 13.9. The Morgan fingerprint density at radius 2 is 0.357 bits per heavy atom. The van der Waals surface area contributed by atoms with Crippen molar-refractivity contribution in [3.63, 3.8) is 0 Å². The largest absolute Gasteiger partial charge is 0.311 e. The van der Waals surface area contributed by atoms with Crippen LogP contribution in [-0.4, -0.2) is 0 Å². The van der Waals surface area contributed by atoms with Gasteiger partial charge in [0.2, 0.25) is 0 Å². The van der Waals surface area contributed by atoms with Gasteiger partial charge < -0.3 is 19.6 Å². The highest BCUT2D eigenvalue weighted by molar-refractivity contribution is 5.84. The molecule has 1 aliphatic rings. The van der Waals surface area contributed by atoms with Gasteiger partial charge >= 0.3 is 0 Å². The smallest absolute Gasteiger partial charge is 0.0463 e. The summed E-state index contributed by atoms with van der Waals surface area (Å²) in [6.07, 6.45) is 5.93. The highest BCUT2D eigenvalue weighted by Crippen LogP contribution is 2.48. The quantitative estimate of drug-likeness (QED) is 0.108. The van der Waals surface area contributed by atoms with Crippen LogP contribution in [0.25, 0.3) is 0 Å². The van der Waals surface area contributed by atoms with Gasteiger partial charge in [0, 0.05) is 73.7 Å². The number of rotatable bonds is 14. The van der Waals surface area contributed by atoms with Crippen molar-refractivity contribution in [2.75, 3.05) is 19.6 Å². The molecule has 0 N–H and O–H groups in total. The van der Waals surface area contributed by atoms with Crippen molar-refractivity contribution in [1.29, 1.82) is 0 Å². The van der Waals surface area contributed by atoms with Gasteiger partial charge in [0.05, 0.1) is 0 Å². The Labute approximate surface area is 413 Å². The lowest BCUT2D eigenvalue weighted by molar-refractivity contribution is 0.346. The van der Waals surface area contributed by atoms with E-state index in [0.717, 1.165) is 81.1 Å². The van der Waals surface area contributed by atoms with Crippen molar-refractivity contribution in [3.8, 4) is 0 Å². The third-order valence-electron chi connectivity index (χ3n) is 13.9. The van der Waals surface area contributed by atoms with Gasteiger partial charge in [-0.2, -0.15) is 0 Å². The van der Waals surface area contributed by atoms with Crippen LogP contribution in [0.4, 0.5) is 68.2 Å². The molecule has 1 aliphatic carbocycles. The monoisotopic (exact) mass is 904 g/mol. The lowest BCUT2D eigenvalue weighted by Crippen LogP contribution is -2.30. The number of benzene rings is 10.